The first-order chi connectivity index (χ1) is 19.8. The lowest BCUT2D eigenvalue weighted by atomic mass is 9.94. The number of aliphatic carboxylic acids is 2. The number of aliphatic hydroxyl groups is 6. The summed E-state index contributed by atoms with van der Waals surface area (Å²) in [5.41, 5.74) is -2.19. The Balaban J connectivity index is 0.000000501. The van der Waals surface area contributed by atoms with Gasteiger partial charge >= 0.3 is 23.8 Å². The summed E-state index contributed by atoms with van der Waals surface area (Å²) < 4.78 is 0. The summed E-state index contributed by atoms with van der Waals surface area (Å²) in [4.78, 5) is 55.8. The number of hydrogen-bond acceptors (Lipinski definition) is 12. The van der Waals surface area contributed by atoms with Crippen LogP contribution >= 0.6 is 0 Å². The molecule has 0 aliphatic carbocycles. The smallest absolute Gasteiger partial charge is 0.394 e. The van der Waals surface area contributed by atoms with Crippen molar-refractivity contribution in [2.75, 3.05) is 55.6 Å². The minimum atomic E-state index is -1.66. The summed E-state index contributed by atoms with van der Waals surface area (Å²) in [5, 5.41) is 80.4. The Hall–Kier alpha value is -4.49. The Morgan fingerprint density at radius 1 is 0.548 bits per heavy atom. The number of anilines is 3. The molecule has 0 saturated carbocycles. The van der Waals surface area contributed by atoms with Gasteiger partial charge in [-0.1, -0.05) is 12.1 Å². The maximum absolute atomic E-state index is 12.3. The summed E-state index contributed by atoms with van der Waals surface area (Å²) in [6.45, 7) is -3.57. The van der Waals surface area contributed by atoms with Gasteiger partial charge in [0.05, 0.1) is 50.7 Å². The van der Waals surface area contributed by atoms with Crippen molar-refractivity contribution in [2.24, 2.45) is 0 Å². The zero-order chi connectivity index (χ0) is 31.9. The second kappa shape index (κ2) is 16.7. The minimum Gasteiger partial charge on any atom is -0.474 e. The van der Waals surface area contributed by atoms with Crippen LogP contribution in [0.2, 0.25) is 0 Å². The summed E-state index contributed by atoms with van der Waals surface area (Å²) in [6.07, 6.45) is 0. The quantitative estimate of drug-likeness (QED) is 0.109. The second-order valence-corrected chi connectivity index (χ2v) is 8.77. The molecule has 17 nitrogen and oxygen atoms in total. The van der Waals surface area contributed by atoms with Gasteiger partial charge in [-0.15, -0.1) is 0 Å². The molecule has 0 unspecified atom stereocenters. The summed E-state index contributed by atoms with van der Waals surface area (Å²) in [6, 6.07) is 11.4. The van der Waals surface area contributed by atoms with E-state index in [0.29, 0.717) is 0 Å². The molecule has 0 radical (unpaired) electrons. The van der Waals surface area contributed by atoms with Crippen LogP contribution in [0.3, 0.4) is 0 Å². The van der Waals surface area contributed by atoms with Crippen LogP contribution in [0.4, 0.5) is 17.1 Å². The van der Waals surface area contributed by atoms with E-state index in [1.54, 1.807) is 0 Å². The molecule has 230 valence electrons. The Labute approximate surface area is 238 Å². The number of carbonyl (C=O) groups excluding carboxylic acids is 3. The van der Waals surface area contributed by atoms with Crippen LogP contribution in [0.5, 0.6) is 0 Å². The van der Waals surface area contributed by atoms with Crippen LogP contribution in [0.25, 0.3) is 0 Å². The molecule has 0 bridgehead atoms. The van der Waals surface area contributed by atoms with Gasteiger partial charge < -0.3 is 56.8 Å². The highest BCUT2D eigenvalue weighted by atomic mass is 16.4. The van der Waals surface area contributed by atoms with E-state index >= 15 is 0 Å². The van der Waals surface area contributed by atoms with E-state index in [9.17, 15) is 24.0 Å². The third kappa shape index (κ3) is 10.5. The molecular formula is C25H32N4O13. The van der Waals surface area contributed by atoms with Crippen molar-refractivity contribution in [3.63, 3.8) is 0 Å². The molecule has 3 amide bonds. The van der Waals surface area contributed by atoms with Crippen molar-refractivity contribution in [3.8, 4) is 0 Å². The fourth-order valence-electron chi connectivity index (χ4n) is 3.08. The monoisotopic (exact) mass is 596 g/mol. The topological polar surface area (TPSA) is 295 Å². The summed E-state index contributed by atoms with van der Waals surface area (Å²) in [7, 11) is 0. The maximum atomic E-state index is 12.3. The van der Waals surface area contributed by atoms with E-state index in [-0.39, 0.29) is 22.6 Å². The molecule has 42 heavy (non-hydrogen) atoms. The highest BCUT2D eigenvalue weighted by molar-refractivity contribution is 6.37. The molecule has 0 aromatic heterocycles. The Bertz CT molecular complexity index is 1210. The van der Waals surface area contributed by atoms with Crippen molar-refractivity contribution in [1.29, 1.82) is 0 Å². The highest BCUT2D eigenvalue weighted by Crippen LogP contribution is 2.18. The molecule has 0 heterocycles. The first-order valence-corrected chi connectivity index (χ1v) is 11.9. The molecule has 0 atom stereocenters. The van der Waals surface area contributed by atoms with E-state index < -0.39 is 80.4 Å². The van der Waals surface area contributed by atoms with Crippen LogP contribution in [0.1, 0.15) is 10.4 Å². The van der Waals surface area contributed by atoms with E-state index in [0.717, 1.165) is 0 Å². The van der Waals surface area contributed by atoms with E-state index in [1.165, 1.54) is 48.5 Å². The van der Waals surface area contributed by atoms with Crippen molar-refractivity contribution in [1.82, 2.24) is 5.32 Å². The SMILES string of the molecule is O=C(O)C(=O)Nc1cccc(NC(=O)c2cccc(NC(=O)C(=O)O)c2)c1.OCC(CO)(CO)NC(CO)(CO)CO. The molecule has 2 rings (SSSR count). The van der Waals surface area contributed by atoms with Crippen LogP contribution in [-0.2, 0) is 19.2 Å². The van der Waals surface area contributed by atoms with Gasteiger partial charge in [0.2, 0.25) is 0 Å². The van der Waals surface area contributed by atoms with Crippen molar-refractivity contribution >= 4 is 46.7 Å². The molecule has 17 heteroatoms. The van der Waals surface area contributed by atoms with Gasteiger partial charge in [0.25, 0.3) is 5.91 Å². The molecular weight excluding hydrogens is 564 g/mol. The third-order valence-corrected chi connectivity index (χ3v) is 5.50. The molecule has 0 aliphatic heterocycles. The lowest BCUT2D eigenvalue weighted by Gasteiger charge is -2.39. The number of carboxylic acids is 2. The van der Waals surface area contributed by atoms with Gasteiger partial charge in [0, 0.05) is 22.6 Å². The van der Waals surface area contributed by atoms with Crippen LogP contribution in [0, 0.1) is 0 Å². The minimum absolute atomic E-state index is 0.123. The standard InChI is InChI=1S/C17H13N3O7.C8H19NO6/c21-13(9-3-1-4-10(7-9)19-14(22)16(24)25)18-11-5-2-6-12(8-11)20-15(23)17(26)27;10-1-7(2-11,3-12)9-8(4-13,5-14)6-15/h1-8H,(H,18,21)(H,19,22)(H,20,23)(H,24,25)(H,26,27);9-15H,1-6H2. The second-order valence-electron chi connectivity index (χ2n) is 8.77. The van der Waals surface area contributed by atoms with Gasteiger partial charge in [0.15, 0.2) is 0 Å². The maximum Gasteiger partial charge on any atom is 0.394 e. The lowest BCUT2D eigenvalue weighted by Crippen LogP contribution is -2.68. The predicted molar refractivity (Wildman–Crippen MR) is 144 cm³/mol. The third-order valence-electron chi connectivity index (χ3n) is 5.50. The number of carboxylic acid groups (broad SMARTS) is 2. The Morgan fingerprint density at radius 2 is 0.905 bits per heavy atom. The molecule has 2 aromatic rings. The highest BCUT2D eigenvalue weighted by Gasteiger charge is 2.39. The van der Waals surface area contributed by atoms with Crippen molar-refractivity contribution in [2.45, 2.75) is 11.1 Å². The largest absolute Gasteiger partial charge is 0.474 e. The van der Waals surface area contributed by atoms with E-state index in [4.69, 9.17) is 40.9 Å². The van der Waals surface area contributed by atoms with Crippen LogP contribution in [-0.4, -0.2) is 121 Å². The first-order valence-electron chi connectivity index (χ1n) is 11.9. The Kier molecular flexibility index (Phi) is 14.1. The normalized spacial score (nSPS) is 11.0. The lowest BCUT2D eigenvalue weighted by molar-refractivity contribution is -0.147. The van der Waals surface area contributed by atoms with Crippen molar-refractivity contribution in [3.05, 3.63) is 54.1 Å². The van der Waals surface area contributed by atoms with Crippen molar-refractivity contribution < 1.29 is 64.8 Å². The van der Waals surface area contributed by atoms with E-state index in [1.807, 2.05) is 0 Å². The summed E-state index contributed by atoms with van der Waals surface area (Å²) in [5.74, 6) is -6.34. The number of hydrogen-bond donors (Lipinski definition) is 12. The zero-order valence-corrected chi connectivity index (χ0v) is 22.0. The molecule has 2 aromatic carbocycles. The average molecular weight is 597 g/mol. The van der Waals surface area contributed by atoms with Gasteiger partial charge in [-0.2, -0.15) is 0 Å². The fourth-order valence-corrected chi connectivity index (χ4v) is 3.08. The van der Waals surface area contributed by atoms with Crippen LogP contribution < -0.4 is 21.3 Å². The number of aliphatic hydroxyl groups excluding tert-OH is 6. The van der Waals surface area contributed by atoms with Gasteiger partial charge in [-0.3, -0.25) is 19.7 Å². The van der Waals surface area contributed by atoms with Gasteiger partial charge in [0.1, 0.15) is 0 Å². The molecule has 0 saturated heterocycles. The number of nitrogens with one attached hydrogen (secondary N) is 4. The molecule has 12 N–H and O–H groups in total. The zero-order valence-electron chi connectivity index (χ0n) is 22.0. The molecule has 0 fully saturated rings. The van der Waals surface area contributed by atoms with Gasteiger partial charge in [-0.25, -0.2) is 9.59 Å². The number of rotatable bonds is 12. The average Bonchev–Trinajstić information content (AvgIpc) is 2.99. The number of amides is 3. The number of benzene rings is 2. The first kappa shape index (κ1) is 35.5. The fraction of sp³-hybridized carbons (Fsp3) is 0.320. The molecule has 0 spiro atoms. The van der Waals surface area contributed by atoms with Gasteiger partial charge in [-0.05, 0) is 36.4 Å². The molecule has 0 aliphatic rings. The number of carbonyl (C=O) groups is 5. The van der Waals surface area contributed by atoms with E-state index in [2.05, 4.69) is 21.3 Å². The Morgan fingerprint density at radius 3 is 1.29 bits per heavy atom. The van der Waals surface area contributed by atoms with Crippen LogP contribution in [0.15, 0.2) is 48.5 Å². The predicted octanol–water partition coefficient (Wildman–Crippen LogP) is -3.01. The summed E-state index contributed by atoms with van der Waals surface area (Å²) >= 11 is 0.